The van der Waals surface area contributed by atoms with Crippen molar-refractivity contribution in [2.75, 3.05) is 0 Å². The van der Waals surface area contributed by atoms with Gasteiger partial charge in [-0.15, -0.1) is 11.3 Å². The number of nitrogens with two attached hydrogens (primary N) is 1. The van der Waals surface area contributed by atoms with Gasteiger partial charge in [0.2, 0.25) is 0 Å². The normalized spacial score (nSPS) is 30.5. The maximum Gasteiger partial charge on any atom is 0.0108 e. The summed E-state index contributed by atoms with van der Waals surface area (Å²) in [6.45, 7) is 9.28. The van der Waals surface area contributed by atoms with E-state index >= 15 is 0 Å². The average Bonchev–Trinajstić information content (AvgIpc) is 2.63. The lowest BCUT2D eigenvalue weighted by atomic mass is 9.66. The first-order chi connectivity index (χ1) is 7.88. The molecule has 1 aromatic rings. The van der Waals surface area contributed by atoms with Gasteiger partial charge < -0.3 is 5.73 Å². The first kappa shape index (κ1) is 13.1. The molecule has 1 saturated carbocycles. The van der Waals surface area contributed by atoms with Crippen LogP contribution in [0.3, 0.4) is 0 Å². The van der Waals surface area contributed by atoms with Crippen LogP contribution in [0.1, 0.15) is 56.4 Å². The van der Waals surface area contributed by atoms with Gasteiger partial charge in [-0.3, -0.25) is 0 Å². The fourth-order valence-electron chi connectivity index (χ4n) is 3.02. The van der Waals surface area contributed by atoms with Gasteiger partial charge in [-0.05, 0) is 54.5 Å². The molecule has 1 nitrogen and oxygen atoms in total. The molecule has 3 atom stereocenters. The number of hydrogen-bond donors (Lipinski definition) is 1. The summed E-state index contributed by atoms with van der Waals surface area (Å²) in [5.41, 5.74) is 8.23. The molecule has 0 spiro atoms. The molecular formula is C15H25NS. The molecule has 0 bridgehead atoms. The van der Waals surface area contributed by atoms with Gasteiger partial charge in [0.25, 0.3) is 0 Å². The molecule has 1 aliphatic carbocycles. The Kier molecular flexibility index (Phi) is 3.65. The lowest BCUT2D eigenvalue weighted by molar-refractivity contribution is 0.154. The Morgan fingerprint density at radius 3 is 2.53 bits per heavy atom. The van der Waals surface area contributed by atoms with Crippen molar-refractivity contribution in [1.82, 2.24) is 0 Å². The van der Waals surface area contributed by atoms with E-state index in [9.17, 15) is 0 Å². The van der Waals surface area contributed by atoms with Crippen molar-refractivity contribution in [3.63, 3.8) is 0 Å². The molecular weight excluding hydrogens is 226 g/mol. The molecule has 0 amide bonds. The predicted octanol–water partition coefficient (Wildman–Crippen LogP) is 4.31. The highest BCUT2D eigenvalue weighted by molar-refractivity contribution is 7.10. The summed E-state index contributed by atoms with van der Waals surface area (Å²) in [6, 6.07) is 2.70. The van der Waals surface area contributed by atoms with Crippen LogP contribution < -0.4 is 5.73 Å². The zero-order chi connectivity index (χ0) is 12.6. The summed E-state index contributed by atoms with van der Waals surface area (Å²) in [7, 11) is 0. The lowest BCUT2D eigenvalue weighted by Crippen LogP contribution is -2.38. The quantitative estimate of drug-likeness (QED) is 0.790. The number of thiophene rings is 1. The second-order valence-corrected chi connectivity index (χ2v) is 7.75. The highest BCUT2D eigenvalue weighted by atomic mass is 32.1. The summed E-state index contributed by atoms with van der Waals surface area (Å²) in [5, 5.41) is 2.31. The van der Waals surface area contributed by atoms with E-state index in [1.807, 2.05) is 11.3 Å². The second-order valence-electron chi connectivity index (χ2n) is 6.64. The van der Waals surface area contributed by atoms with E-state index in [0.717, 1.165) is 5.92 Å². The van der Waals surface area contributed by atoms with E-state index in [2.05, 4.69) is 39.1 Å². The molecule has 1 aromatic heterocycles. The standard InChI is InChI=1S/C15H25NS/c1-10-7-11(9-17-10)13-8-12(15(2,3)4)5-6-14(13)16/h7,9,12-14H,5-6,8,16H2,1-4H3. The largest absolute Gasteiger partial charge is 0.327 e. The molecule has 0 aromatic carbocycles. The van der Waals surface area contributed by atoms with Crippen LogP contribution >= 0.6 is 11.3 Å². The minimum absolute atomic E-state index is 0.364. The topological polar surface area (TPSA) is 26.0 Å². The second kappa shape index (κ2) is 4.74. The molecule has 96 valence electrons. The summed E-state index contributed by atoms with van der Waals surface area (Å²) in [5.74, 6) is 1.39. The number of rotatable bonds is 1. The fraction of sp³-hybridized carbons (Fsp3) is 0.733. The lowest BCUT2D eigenvalue weighted by Gasteiger charge is -2.40. The Morgan fingerprint density at radius 1 is 1.29 bits per heavy atom. The molecule has 1 fully saturated rings. The van der Waals surface area contributed by atoms with Crippen LogP contribution in [0.15, 0.2) is 11.4 Å². The van der Waals surface area contributed by atoms with Crippen molar-refractivity contribution in [3.8, 4) is 0 Å². The molecule has 2 N–H and O–H groups in total. The van der Waals surface area contributed by atoms with Crippen LogP contribution in [0, 0.1) is 18.3 Å². The van der Waals surface area contributed by atoms with Crippen molar-refractivity contribution in [2.24, 2.45) is 17.1 Å². The number of hydrogen-bond acceptors (Lipinski definition) is 2. The van der Waals surface area contributed by atoms with Gasteiger partial charge in [-0.1, -0.05) is 20.8 Å². The summed E-state index contributed by atoms with van der Waals surface area (Å²) < 4.78 is 0. The maximum atomic E-state index is 6.33. The van der Waals surface area contributed by atoms with Crippen LogP contribution in [-0.4, -0.2) is 6.04 Å². The monoisotopic (exact) mass is 251 g/mol. The zero-order valence-corrected chi connectivity index (χ0v) is 12.3. The Hall–Kier alpha value is -0.340. The van der Waals surface area contributed by atoms with E-state index in [4.69, 9.17) is 5.73 Å². The first-order valence-corrected chi connectivity index (χ1v) is 7.56. The third kappa shape index (κ3) is 2.92. The Balaban J connectivity index is 2.15. The first-order valence-electron chi connectivity index (χ1n) is 6.68. The van der Waals surface area contributed by atoms with Crippen molar-refractivity contribution in [2.45, 2.75) is 58.9 Å². The van der Waals surface area contributed by atoms with Gasteiger partial charge in [0, 0.05) is 16.8 Å². The number of aryl methyl sites for hydroxylation is 1. The van der Waals surface area contributed by atoms with E-state index in [1.165, 1.54) is 29.7 Å². The Bertz CT molecular complexity index is 375. The predicted molar refractivity (Wildman–Crippen MR) is 76.6 cm³/mol. The zero-order valence-electron chi connectivity index (χ0n) is 11.5. The van der Waals surface area contributed by atoms with Crippen LogP contribution in [0.25, 0.3) is 0 Å². The van der Waals surface area contributed by atoms with E-state index in [1.54, 1.807) is 0 Å². The van der Waals surface area contributed by atoms with E-state index in [-0.39, 0.29) is 0 Å². The molecule has 17 heavy (non-hydrogen) atoms. The van der Waals surface area contributed by atoms with E-state index < -0.39 is 0 Å². The van der Waals surface area contributed by atoms with Gasteiger partial charge in [0.15, 0.2) is 0 Å². The average molecular weight is 251 g/mol. The van der Waals surface area contributed by atoms with Crippen molar-refractivity contribution < 1.29 is 0 Å². The van der Waals surface area contributed by atoms with Gasteiger partial charge in [-0.25, -0.2) is 0 Å². The summed E-state index contributed by atoms with van der Waals surface area (Å²) in [4.78, 5) is 1.41. The molecule has 2 heteroatoms. The third-order valence-corrected chi connectivity index (χ3v) is 5.19. The van der Waals surface area contributed by atoms with Gasteiger partial charge in [0.1, 0.15) is 0 Å². The maximum absolute atomic E-state index is 6.33. The van der Waals surface area contributed by atoms with Crippen LogP contribution in [0.2, 0.25) is 0 Å². The molecule has 0 aliphatic heterocycles. The van der Waals surface area contributed by atoms with Gasteiger partial charge in [0.05, 0.1) is 0 Å². The molecule has 1 heterocycles. The summed E-state index contributed by atoms with van der Waals surface area (Å²) in [6.07, 6.45) is 3.74. The van der Waals surface area contributed by atoms with Crippen LogP contribution in [-0.2, 0) is 0 Å². The summed E-state index contributed by atoms with van der Waals surface area (Å²) >= 11 is 1.85. The highest BCUT2D eigenvalue weighted by Gasteiger charge is 2.35. The highest BCUT2D eigenvalue weighted by Crippen LogP contribution is 2.44. The molecule has 1 aliphatic rings. The Morgan fingerprint density at radius 2 is 2.00 bits per heavy atom. The van der Waals surface area contributed by atoms with Crippen LogP contribution in [0.4, 0.5) is 0 Å². The third-order valence-electron chi connectivity index (χ3n) is 4.31. The minimum atomic E-state index is 0.364. The van der Waals surface area contributed by atoms with Crippen molar-refractivity contribution in [1.29, 1.82) is 0 Å². The van der Waals surface area contributed by atoms with Gasteiger partial charge in [-0.2, -0.15) is 0 Å². The van der Waals surface area contributed by atoms with Gasteiger partial charge >= 0.3 is 0 Å². The van der Waals surface area contributed by atoms with Crippen molar-refractivity contribution in [3.05, 3.63) is 21.9 Å². The smallest absolute Gasteiger partial charge is 0.0108 e. The molecule has 3 unspecified atom stereocenters. The van der Waals surface area contributed by atoms with E-state index in [0.29, 0.717) is 17.4 Å². The van der Waals surface area contributed by atoms with Crippen molar-refractivity contribution >= 4 is 11.3 Å². The SMILES string of the molecule is Cc1cc(C2CC(C(C)(C)C)CCC2N)cs1. The Labute approximate surface area is 109 Å². The molecule has 0 radical (unpaired) electrons. The molecule has 2 rings (SSSR count). The molecule has 0 saturated heterocycles. The van der Waals surface area contributed by atoms with Crippen LogP contribution in [0.5, 0.6) is 0 Å². The fourth-order valence-corrected chi connectivity index (χ4v) is 3.79. The minimum Gasteiger partial charge on any atom is -0.327 e.